The van der Waals surface area contributed by atoms with Gasteiger partial charge in [0.05, 0.1) is 10.5 Å². The number of esters is 1. The van der Waals surface area contributed by atoms with Gasteiger partial charge in [-0.1, -0.05) is 31.4 Å². The number of carbonyl (C=O) groups excluding carboxylic acids is 2. The molecule has 8 heteroatoms. The van der Waals surface area contributed by atoms with Crippen molar-refractivity contribution >= 4 is 21.9 Å². The topological polar surface area (TPSA) is 84.0 Å². The van der Waals surface area contributed by atoms with E-state index in [1.807, 2.05) is 13.8 Å². The van der Waals surface area contributed by atoms with Crippen LogP contribution in [0.3, 0.4) is 0 Å². The Hall–Kier alpha value is -2.19. The normalized spacial score (nSPS) is 15.1. The number of likely N-dealkylation sites (N-methyl/N-ethyl adjacent to an activating group) is 1. The molecule has 1 aliphatic carbocycles. The first-order valence-electron chi connectivity index (χ1n) is 10.3. The predicted octanol–water partition coefficient (Wildman–Crippen LogP) is 3.22. The fourth-order valence-corrected chi connectivity index (χ4v) is 4.99. The standard InChI is InChI=1S/C22H32N2O5S/c1-5-24(15-17(2)3)21(25)16-29-22(26)18-11-13-20(14-12-18)30(27,28)23(4)19-9-7-6-8-10-19/h11-14,19H,2,5-10,15-16H2,1,3-4H3. The molecule has 0 heterocycles. The van der Waals surface area contributed by atoms with E-state index < -0.39 is 16.0 Å². The molecule has 1 aromatic carbocycles. The Morgan fingerprint density at radius 1 is 1.13 bits per heavy atom. The maximum Gasteiger partial charge on any atom is 0.338 e. The molecule has 0 bridgehead atoms. The number of amides is 1. The van der Waals surface area contributed by atoms with Gasteiger partial charge in [-0.25, -0.2) is 13.2 Å². The van der Waals surface area contributed by atoms with Crippen LogP contribution in [0.25, 0.3) is 0 Å². The van der Waals surface area contributed by atoms with Crippen molar-refractivity contribution in [1.82, 2.24) is 9.21 Å². The Morgan fingerprint density at radius 2 is 1.73 bits per heavy atom. The minimum Gasteiger partial charge on any atom is -0.452 e. The van der Waals surface area contributed by atoms with Crippen molar-refractivity contribution in [3.63, 3.8) is 0 Å². The molecular formula is C22H32N2O5S. The molecule has 0 spiro atoms. The van der Waals surface area contributed by atoms with Crippen LogP contribution < -0.4 is 0 Å². The Morgan fingerprint density at radius 3 is 2.27 bits per heavy atom. The number of carbonyl (C=O) groups is 2. The van der Waals surface area contributed by atoms with Crippen LogP contribution in [0.15, 0.2) is 41.3 Å². The molecule has 0 N–H and O–H groups in total. The average molecular weight is 437 g/mol. The van der Waals surface area contributed by atoms with Crippen LogP contribution in [-0.2, 0) is 19.6 Å². The van der Waals surface area contributed by atoms with Crippen LogP contribution in [0.4, 0.5) is 0 Å². The van der Waals surface area contributed by atoms with Crippen molar-refractivity contribution in [2.24, 2.45) is 0 Å². The summed E-state index contributed by atoms with van der Waals surface area (Å²) in [5, 5.41) is 0. The molecule has 1 amide bonds. The van der Waals surface area contributed by atoms with Gasteiger partial charge in [-0.15, -0.1) is 0 Å². The Balaban J connectivity index is 1.99. The van der Waals surface area contributed by atoms with Gasteiger partial charge in [-0.3, -0.25) is 4.79 Å². The maximum absolute atomic E-state index is 12.9. The van der Waals surface area contributed by atoms with E-state index in [0.29, 0.717) is 13.1 Å². The van der Waals surface area contributed by atoms with Crippen LogP contribution in [-0.4, -0.2) is 62.3 Å². The Bertz CT molecular complexity index is 858. The Labute approximate surface area is 179 Å². The summed E-state index contributed by atoms with van der Waals surface area (Å²) in [5.74, 6) is -0.971. The average Bonchev–Trinajstić information content (AvgIpc) is 2.75. The summed E-state index contributed by atoms with van der Waals surface area (Å²) >= 11 is 0. The van der Waals surface area contributed by atoms with Gasteiger partial charge in [0.15, 0.2) is 6.61 Å². The van der Waals surface area contributed by atoms with Gasteiger partial charge in [0.25, 0.3) is 5.91 Å². The highest BCUT2D eigenvalue weighted by Crippen LogP contribution is 2.26. The van der Waals surface area contributed by atoms with Gasteiger partial charge in [-0.2, -0.15) is 4.31 Å². The zero-order chi connectivity index (χ0) is 22.3. The van der Waals surface area contributed by atoms with E-state index in [-0.39, 0.29) is 29.0 Å². The van der Waals surface area contributed by atoms with Crippen LogP contribution >= 0.6 is 0 Å². The van der Waals surface area contributed by atoms with E-state index in [1.165, 1.54) is 28.6 Å². The SMILES string of the molecule is C=C(C)CN(CC)C(=O)COC(=O)c1ccc(S(=O)(=O)N(C)C2CCCCC2)cc1. The Kier molecular flexibility index (Phi) is 8.61. The lowest BCUT2D eigenvalue weighted by molar-refractivity contribution is -0.133. The monoisotopic (exact) mass is 436 g/mol. The minimum absolute atomic E-state index is 0.0140. The lowest BCUT2D eigenvalue weighted by Gasteiger charge is -2.30. The van der Waals surface area contributed by atoms with E-state index in [1.54, 1.807) is 11.9 Å². The van der Waals surface area contributed by atoms with Gasteiger partial charge in [0.1, 0.15) is 0 Å². The quantitative estimate of drug-likeness (QED) is 0.438. The van der Waals surface area contributed by atoms with Crippen molar-refractivity contribution in [3.8, 4) is 0 Å². The first kappa shape index (κ1) is 24.1. The zero-order valence-electron chi connectivity index (χ0n) is 18.1. The molecule has 1 aliphatic rings. The number of hydrogen-bond donors (Lipinski definition) is 0. The first-order chi connectivity index (χ1) is 14.2. The first-order valence-corrected chi connectivity index (χ1v) is 11.8. The molecule has 0 atom stereocenters. The molecule has 166 valence electrons. The molecule has 1 saturated carbocycles. The highest BCUT2D eigenvalue weighted by atomic mass is 32.2. The second-order valence-corrected chi connectivity index (χ2v) is 9.78. The summed E-state index contributed by atoms with van der Waals surface area (Å²) in [4.78, 5) is 26.1. The van der Waals surface area contributed by atoms with Crippen molar-refractivity contribution in [3.05, 3.63) is 42.0 Å². The summed E-state index contributed by atoms with van der Waals surface area (Å²) in [6, 6.07) is 5.67. The summed E-state index contributed by atoms with van der Waals surface area (Å²) < 4.78 is 32.3. The molecule has 7 nitrogen and oxygen atoms in total. The van der Waals surface area contributed by atoms with E-state index in [9.17, 15) is 18.0 Å². The molecule has 1 aromatic rings. The molecule has 0 radical (unpaired) electrons. The maximum atomic E-state index is 12.9. The second-order valence-electron chi connectivity index (χ2n) is 7.78. The van der Waals surface area contributed by atoms with Crippen LogP contribution in [0.5, 0.6) is 0 Å². The van der Waals surface area contributed by atoms with Gasteiger partial charge in [0.2, 0.25) is 10.0 Å². The summed E-state index contributed by atoms with van der Waals surface area (Å²) in [5.41, 5.74) is 1.04. The van der Waals surface area contributed by atoms with E-state index in [4.69, 9.17) is 4.74 Å². The third-order valence-electron chi connectivity index (χ3n) is 5.38. The molecule has 0 saturated heterocycles. The van der Waals surface area contributed by atoms with Crippen LogP contribution in [0, 0.1) is 0 Å². The van der Waals surface area contributed by atoms with E-state index in [0.717, 1.165) is 37.7 Å². The number of sulfonamides is 1. The number of nitrogens with zero attached hydrogens (tertiary/aromatic N) is 2. The van der Waals surface area contributed by atoms with Crippen LogP contribution in [0.2, 0.25) is 0 Å². The van der Waals surface area contributed by atoms with Crippen molar-refractivity contribution in [2.45, 2.75) is 56.9 Å². The predicted molar refractivity (Wildman–Crippen MR) is 116 cm³/mol. The van der Waals surface area contributed by atoms with Gasteiger partial charge < -0.3 is 9.64 Å². The summed E-state index contributed by atoms with van der Waals surface area (Å²) in [7, 11) is -2.01. The van der Waals surface area contributed by atoms with Gasteiger partial charge in [-0.05, 0) is 51.0 Å². The van der Waals surface area contributed by atoms with Gasteiger partial charge in [0, 0.05) is 26.2 Å². The van der Waals surface area contributed by atoms with Crippen molar-refractivity contribution < 1.29 is 22.7 Å². The van der Waals surface area contributed by atoms with E-state index in [2.05, 4.69) is 6.58 Å². The van der Waals surface area contributed by atoms with Gasteiger partial charge >= 0.3 is 5.97 Å². The lowest BCUT2D eigenvalue weighted by Crippen LogP contribution is -2.38. The summed E-state index contributed by atoms with van der Waals surface area (Å²) in [6.45, 7) is 7.98. The number of benzene rings is 1. The lowest BCUT2D eigenvalue weighted by atomic mass is 9.96. The van der Waals surface area contributed by atoms with Crippen molar-refractivity contribution in [2.75, 3.05) is 26.7 Å². The fraction of sp³-hybridized carbons (Fsp3) is 0.545. The highest BCUT2D eigenvalue weighted by molar-refractivity contribution is 7.89. The molecule has 0 aromatic heterocycles. The molecule has 30 heavy (non-hydrogen) atoms. The molecule has 1 fully saturated rings. The number of ether oxygens (including phenoxy) is 1. The zero-order valence-corrected chi connectivity index (χ0v) is 18.9. The second kappa shape index (κ2) is 10.7. The third-order valence-corrected chi connectivity index (χ3v) is 7.30. The molecule has 0 unspecified atom stereocenters. The largest absolute Gasteiger partial charge is 0.452 e. The summed E-state index contributed by atoms with van der Waals surface area (Å²) in [6.07, 6.45) is 4.96. The fourth-order valence-electron chi connectivity index (χ4n) is 3.57. The smallest absolute Gasteiger partial charge is 0.338 e. The minimum atomic E-state index is -3.62. The molecular weight excluding hydrogens is 404 g/mol. The molecule has 0 aliphatic heterocycles. The van der Waals surface area contributed by atoms with Crippen molar-refractivity contribution in [1.29, 1.82) is 0 Å². The molecule has 2 rings (SSSR count). The van der Waals surface area contributed by atoms with Crippen LogP contribution in [0.1, 0.15) is 56.3 Å². The number of hydrogen-bond acceptors (Lipinski definition) is 5. The van der Waals surface area contributed by atoms with E-state index >= 15 is 0 Å². The third kappa shape index (κ3) is 6.15. The number of rotatable bonds is 9. The highest BCUT2D eigenvalue weighted by Gasteiger charge is 2.29.